The Morgan fingerprint density at radius 1 is 1.31 bits per heavy atom. The molecule has 4 nitrogen and oxygen atoms in total. The molecule has 0 saturated carbocycles. The quantitative estimate of drug-likeness (QED) is 0.702. The molecule has 0 unspecified atom stereocenters. The minimum Gasteiger partial charge on any atom is -0.355 e. The standard InChI is InChI=1S/C10H16N2O2S2/c13-16(14)7-4-9(8-16)11-10(15)12-5-2-1-3-6-12/h4,7,9H,1-3,5-6,8H2,(H,11,15)/t9-/m1/s1. The number of hydrogen-bond donors (Lipinski definition) is 1. The van der Waals surface area contributed by atoms with Crippen molar-refractivity contribution in [3.63, 3.8) is 0 Å². The molecule has 2 heterocycles. The fourth-order valence-corrected chi connectivity index (χ4v) is 3.58. The van der Waals surface area contributed by atoms with Gasteiger partial charge >= 0.3 is 0 Å². The predicted molar refractivity (Wildman–Crippen MR) is 67.9 cm³/mol. The monoisotopic (exact) mass is 260 g/mol. The van der Waals surface area contributed by atoms with Crippen molar-refractivity contribution in [2.75, 3.05) is 18.8 Å². The number of nitrogens with one attached hydrogen (secondary N) is 1. The first kappa shape index (κ1) is 11.9. The first-order valence-corrected chi connectivity index (χ1v) is 7.66. The van der Waals surface area contributed by atoms with Crippen LogP contribution in [-0.2, 0) is 9.84 Å². The van der Waals surface area contributed by atoms with Crippen LogP contribution in [0.25, 0.3) is 0 Å². The topological polar surface area (TPSA) is 49.4 Å². The number of rotatable bonds is 1. The maximum atomic E-state index is 11.2. The smallest absolute Gasteiger partial charge is 0.173 e. The maximum absolute atomic E-state index is 11.2. The highest BCUT2D eigenvalue weighted by Crippen LogP contribution is 2.11. The molecule has 6 heteroatoms. The zero-order valence-corrected chi connectivity index (χ0v) is 10.7. The van der Waals surface area contributed by atoms with Gasteiger partial charge in [0, 0.05) is 18.5 Å². The molecule has 2 aliphatic heterocycles. The van der Waals surface area contributed by atoms with Gasteiger partial charge in [0.1, 0.15) is 0 Å². The fourth-order valence-electron chi connectivity index (χ4n) is 2.01. The summed E-state index contributed by atoms with van der Waals surface area (Å²) < 4.78 is 22.4. The Kier molecular flexibility index (Phi) is 3.49. The molecule has 1 atom stereocenters. The molecule has 0 aromatic rings. The van der Waals surface area contributed by atoms with E-state index in [4.69, 9.17) is 12.2 Å². The third-order valence-electron chi connectivity index (χ3n) is 2.88. The molecule has 0 aromatic carbocycles. The summed E-state index contributed by atoms with van der Waals surface area (Å²) in [5.41, 5.74) is 0. The van der Waals surface area contributed by atoms with Crippen LogP contribution < -0.4 is 5.32 Å². The van der Waals surface area contributed by atoms with E-state index in [1.165, 1.54) is 24.7 Å². The summed E-state index contributed by atoms with van der Waals surface area (Å²) in [6.45, 7) is 1.96. The van der Waals surface area contributed by atoms with Crippen LogP contribution in [-0.4, -0.2) is 43.3 Å². The van der Waals surface area contributed by atoms with E-state index < -0.39 is 9.84 Å². The summed E-state index contributed by atoms with van der Waals surface area (Å²) in [5, 5.41) is 5.05. The van der Waals surface area contributed by atoms with Crippen LogP contribution in [0.3, 0.4) is 0 Å². The number of piperidine rings is 1. The molecule has 16 heavy (non-hydrogen) atoms. The highest BCUT2D eigenvalue weighted by Gasteiger charge is 2.23. The Morgan fingerprint density at radius 3 is 2.56 bits per heavy atom. The maximum Gasteiger partial charge on any atom is 0.173 e. The SMILES string of the molecule is O=S1(=O)C=C[C@@H](NC(=S)N2CCCCC2)C1. The van der Waals surface area contributed by atoms with Gasteiger partial charge in [0.25, 0.3) is 0 Å². The summed E-state index contributed by atoms with van der Waals surface area (Å²) in [4.78, 5) is 2.12. The van der Waals surface area contributed by atoms with Crippen molar-refractivity contribution < 1.29 is 8.42 Å². The number of likely N-dealkylation sites (tertiary alicyclic amines) is 1. The van der Waals surface area contributed by atoms with Crippen molar-refractivity contribution in [3.8, 4) is 0 Å². The van der Waals surface area contributed by atoms with Crippen LogP contribution in [0.2, 0.25) is 0 Å². The number of nitrogens with zero attached hydrogens (tertiary/aromatic N) is 1. The van der Waals surface area contributed by atoms with E-state index >= 15 is 0 Å². The third-order valence-corrected chi connectivity index (χ3v) is 4.65. The number of sulfone groups is 1. The van der Waals surface area contributed by atoms with Crippen molar-refractivity contribution in [1.29, 1.82) is 0 Å². The second-order valence-electron chi connectivity index (χ2n) is 4.26. The summed E-state index contributed by atoms with van der Waals surface area (Å²) in [5.74, 6) is 0.126. The van der Waals surface area contributed by atoms with Gasteiger partial charge in [-0.15, -0.1) is 0 Å². The molecule has 1 fully saturated rings. The molecule has 2 rings (SSSR count). The number of hydrogen-bond acceptors (Lipinski definition) is 3. The highest BCUT2D eigenvalue weighted by molar-refractivity contribution is 7.94. The van der Waals surface area contributed by atoms with E-state index in [1.807, 2.05) is 0 Å². The van der Waals surface area contributed by atoms with Crippen molar-refractivity contribution in [3.05, 3.63) is 11.5 Å². The van der Waals surface area contributed by atoms with Gasteiger partial charge in [-0.3, -0.25) is 0 Å². The summed E-state index contributed by atoms with van der Waals surface area (Å²) in [6.07, 6.45) is 5.27. The van der Waals surface area contributed by atoms with Crippen molar-refractivity contribution in [1.82, 2.24) is 10.2 Å². The van der Waals surface area contributed by atoms with Crippen LogP contribution in [0.1, 0.15) is 19.3 Å². The Labute approximate surface area is 102 Å². The fraction of sp³-hybridized carbons (Fsp3) is 0.700. The van der Waals surface area contributed by atoms with Gasteiger partial charge < -0.3 is 10.2 Å². The van der Waals surface area contributed by atoms with Crippen LogP contribution in [0, 0.1) is 0 Å². The summed E-state index contributed by atoms with van der Waals surface area (Å²) >= 11 is 5.27. The van der Waals surface area contributed by atoms with Crippen LogP contribution >= 0.6 is 12.2 Å². The average Bonchev–Trinajstić information content (AvgIpc) is 2.59. The van der Waals surface area contributed by atoms with E-state index in [0.29, 0.717) is 5.11 Å². The third kappa shape index (κ3) is 2.95. The van der Waals surface area contributed by atoms with Gasteiger partial charge in [0.05, 0.1) is 11.8 Å². The molecular weight excluding hydrogens is 244 g/mol. The normalized spacial score (nSPS) is 28.0. The molecular formula is C10H16N2O2S2. The van der Waals surface area contributed by atoms with Crippen molar-refractivity contribution in [2.24, 2.45) is 0 Å². The zero-order valence-electron chi connectivity index (χ0n) is 9.05. The first-order valence-electron chi connectivity index (χ1n) is 5.53. The van der Waals surface area contributed by atoms with E-state index in [0.717, 1.165) is 13.1 Å². The molecule has 0 radical (unpaired) electrons. The van der Waals surface area contributed by atoms with Crippen LogP contribution in [0.5, 0.6) is 0 Å². The molecule has 90 valence electrons. The van der Waals surface area contributed by atoms with Gasteiger partial charge in [-0.25, -0.2) is 8.42 Å². The second kappa shape index (κ2) is 4.71. The van der Waals surface area contributed by atoms with E-state index in [9.17, 15) is 8.42 Å². The zero-order chi connectivity index (χ0) is 11.6. The molecule has 2 aliphatic rings. The van der Waals surface area contributed by atoms with Crippen molar-refractivity contribution in [2.45, 2.75) is 25.3 Å². The molecule has 0 aliphatic carbocycles. The Balaban J connectivity index is 1.86. The Hall–Kier alpha value is -0.620. The molecule has 0 aromatic heterocycles. The Morgan fingerprint density at radius 2 is 2.00 bits per heavy atom. The van der Waals surface area contributed by atoms with Gasteiger partial charge in [-0.1, -0.05) is 0 Å². The summed E-state index contributed by atoms with van der Waals surface area (Å²) in [6, 6.07) is -0.153. The van der Waals surface area contributed by atoms with Gasteiger partial charge in [0.15, 0.2) is 14.9 Å². The first-order chi connectivity index (χ1) is 7.57. The molecule has 0 amide bonds. The lowest BCUT2D eigenvalue weighted by atomic mass is 10.1. The largest absolute Gasteiger partial charge is 0.355 e. The minimum atomic E-state index is -2.99. The molecule has 0 spiro atoms. The van der Waals surface area contributed by atoms with E-state index in [2.05, 4.69) is 10.2 Å². The van der Waals surface area contributed by atoms with Gasteiger partial charge in [-0.05, 0) is 37.6 Å². The lowest BCUT2D eigenvalue weighted by molar-refractivity contribution is 0.337. The lowest BCUT2D eigenvalue weighted by Crippen LogP contribution is -2.46. The second-order valence-corrected chi connectivity index (χ2v) is 6.58. The molecule has 0 bridgehead atoms. The van der Waals surface area contributed by atoms with E-state index in [1.54, 1.807) is 6.08 Å². The van der Waals surface area contributed by atoms with Gasteiger partial charge in [0.2, 0.25) is 0 Å². The Bertz CT molecular complexity index is 397. The summed E-state index contributed by atoms with van der Waals surface area (Å²) in [7, 11) is -2.99. The van der Waals surface area contributed by atoms with Gasteiger partial charge in [-0.2, -0.15) is 0 Å². The lowest BCUT2D eigenvalue weighted by Gasteiger charge is -2.30. The molecule has 1 N–H and O–H groups in total. The predicted octanol–water partition coefficient (Wildman–Crippen LogP) is 0.657. The highest BCUT2D eigenvalue weighted by atomic mass is 32.2. The average molecular weight is 260 g/mol. The minimum absolute atomic E-state index is 0.126. The van der Waals surface area contributed by atoms with Crippen LogP contribution in [0.15, 0.2) is 11.5 Å². The number of thiocarbonyl (C=S) groups is 1. The van der Waals surface area contributed by atoms with Crippen molar-refractivity contribution >= 4 is 27.2 Å². The molecule has 1 saturated heterocycles. The van der Waals surface area contributed by atoms with Crippen LogP contribution in [0.4, 0.5) is 0 Å². The van der Waals surface area contributed by atoms with E-state index in [-0.39, 0.29) is 11.8 Å².